The Morgan fingerprint density at radius 3 is 2.50 bits per heavy atom. The first-order valence-electron chi connectivity index (χ1n) is 13.0. The molecule has 38 heavy (non-hydrogen) atoms. The number of halogens is 2. The van der Waals surface area contributed by atoms with E-state index in [4.69, 9.17) is 37.2 Å². The maximum atomic E-state index is 6.60. The number of tetrazole rings is 1. The van der Waals surface area contributed by atoms with Crippen molar-refractivity contribution in [3.8, 4) is 22.6 Å². The standard InChI is InChI=1S/C28H27Cl2N5O3/c29-21-5-2-6-22(30)23(21)24-20(25(38-33-24)17-7-8-17)14-36-15-27-9-11-28(12-10-27,37-16-27)19-4-1-3-18(13-19)26-31-34-35-32-26/h1-6,13,17H,7-12,14-16H2,(H,31,32,34,35). The molecule has 0 unspecified atom stereocenters. The predicted molar refractivity (Wildman–Crippen MR) is 142 cm³/mol. The Kier molecular flexibility index (Phi) is 6.04. The van der Waals surface area contributed by atoms with Crippen molar-refractivity contribution in [1.29, 1.82) is 0 Å². The van der Waals surface area contributed by atoms with Gasteiger partial charge in [-0.3, -0.25) is 0 Å². The molecule has 2 bridgehead atoms. The van der Waals surface area contributed by atoms with Crippen LogP contribution in [-0.4, -0.2) is 39.0 Å². The number of hydrogen-bond acceptors (Lipinski definition) is 7. The second-order valence-electron chi connectivity index (χ2n) is 10.8. The number of aromatic amines is 1. The van der Waals surface area contributed by atoms with E-state index in [-0.39, 0.29) is 11.0 Å². The Morgan fingerprint density at radius 1 is 1.03 bits per heavy atom. The van der Waals surface area contributed by atoms with Crippen molar-refractivity contribution >= 4 is 23.2 Å². The third-order valence-electron chi connectivity index (χ3n) is 8.39. The fourth-order valence-corrected chi connectivity index (χ4v) is 6.54. The summed E-state index contributed by atoms with van der Waals surface area (Å²) in [6.45, 7) is 1.70. The molecular weight excluding hydrogens is 525 g/mol. The number of rotatable bonds is 8. The van der Waals surface area contributed by atoms with Gasteiger partial charge in [0.05, 0.1) is 35.5 Å². The highest BCUT2D eigenvalue weighted by Gasteiger charge is 2.51. The third-order valence-corrected chi connectivity index (χ3v) is 9.02. The smallest absolute Gasteiger partial charge is 0.204 e. The van der Waals surface area contributed by atoms with Gasteiger partial charge in [0.25, 0.3) is 0 Å². The van der Waals surface area contributed by atoms with E-state index in [9.17, 15) is 0 Å². The summed E-state index contributed by atoms with van der Waals surface area (Å²) in [5.74, 6) is 1.89. The molecule has 2 aromatic carbocycles. The van der Waals surface area contributed by atoms with Crippen LogP contribution in [-0.2, 0) is 21.7 Å². The topological polar surface area (TPSA) is 99.0 Å². The summed E-state index contributed by atoms with van der Waals surface area (Å²) in [5, 5.41) is 20.0. The van der Waals surface area contributed by atoms with Gasteiger partial charge in [0.1, 0.15) is 11.5 Å². The number of benzene rings is 2. The van der Waals surface area contributed by atoms with Crippen molar-refractivity contribution in [1.82, 2.24) is 25.8 Å². The normalized spacial score (nSPS) is 24.7. The molecule has 2 saturated heterocycles. The van der Waals surface area contributed by atoms with Gasteiger partial charge < -0.3 is 14.0 Å². The minimum Gasteiger partial charge on any atom is -0.376 e. The summed E-state index contributed by atoms with van der Waals surface area (Å²) in [4.78, 5) is 0. The molecule has 1 N–H and O–H groups in total. The highest BCUT2D eigenvalue weighted by Crippen LogP contribution is 2.54. The largest absolute Gasteiger partial charge is 0.376 e. The number of ether oxygens (including phenoxy) is 2. The van der Waals surface area contributed by atoms with Crippen molar-refractivity contribution < 1.29 is 14.0 Å². The molecule has 2 aliphatic heterocycles. The molecule has 0 atom stereocenters. The van der Waals surface area contributed by atoms with Gasteiger partial charge in [-0.1, -0.05) is 52.6 Å². The van der Waals surface area contributed by atoms with E-state index in [1.54, 1.807) is 0 Å². The molecule has 4 heterocycles. The maximum absolute atomic E-state index is 6.60. The summed E-state index contributed by atoms with van der Waals surface area (Å²) in [5.41, 5.74) is 4.19. The lowest BCUT2D eigenvalue weighted by Gasteiger charge is -2.53. The number of hydrogen-bond donors (Lipinski definition) is 1. The van der Waals surface area contributed by atoms with E-state index in [0.29, 0.717) is 52.9 Å². The lowest BCUT2D eigenvalue weighted by Crippen LogP contribution is -2.51. The van der Waals surface area contributed by atoms with Crippen LogP contribution in [0.15, 0.2) is 47.0 Å². The van der Waals surface area contributed by atoms with Gasteiger partial charge in [0.2, 0.25) is 5.82 Å². The second-order valence-corrected chi connectivity index (χ2v) is 11.7. The van der Waals surface area contributed by atoms with Gasteiger partial charge in [0, 0.05) is 28.0 Å². The van der Waals surface area contributed by atoms with Crippen LogP contribution < -0.4 is 0 Å². The monoisotopic (exact) mass is 551 g/mol. The van der Waals surface area contributed by atoms with Crippen molar-refractivity contribution in [3.05, 3.63) is 69.4 Å². The minimum atomic E-state index is -0.275. The van der Waals surface area contributed by atoms with Crippen LogP contribution in [0.1, 0.15) is 61.3 Å². The SMILES string of the molecule is Clc1cccc(Cl)c1-c1noc(C2CC2)c1COCC12CCC(c3cccc(-c4nn[nH]n4)c3)(CC1)OC2. The van der Waals surface area contributed by atoms with Crippen LogP contribution in [0.2, 0.25) is 10.0 Å². The zero-order chi connectivity index (χ0) is 25.7. The highest BCUT2D eigenvalue weighted by molar-refractivity contribution is 6.39. The number of H-pyrrole nitrogens is 1. The lowest BCUT2D eigenvalue weighted by molar-refractivity contribution is -0.205. The van der Waals surface area contributed by atoms with Crippen molar-refractivity contribution in [2.75, 3.05) is 13.2 Å². The van der Waals surface area contributed by atoms with Crippen LogP contribution in [0.3, 0.4) is 0 Å². The third kappa shape index (κ3) is 4.24. The van der Waals surface area contributed by atoms with E-state index >= 15 is 0 Å². The Morgan fingerprint density at radius 2 is 1.82 bits per heavy atom. The molecule has 4 fully saturated rings. The molecule has 196 valence electrons. The Balaban J connectivity index is 1.06. The molecule has 0 amide bonds. The van der Waals surface area contributed by atoms with Gasteiger partial charge in [-0.25, -0.2) is 0 Å². The number of fused-ring (bicyclic) bond motifs is 3. The first-order chi connectivity index (χ1) is 18.6. The maximum Gasteiger partial charge on any atom is 0.204 e. The Hall–Kier alpha value is -2.78. The predicted octanol–water partition coefficient (Wildman–Crippen LogP) is 6.71. The van der Waals surface area contributed by atoms with Gasteiger partial charge >= 0.3 is 0 Å². The molecule has 8 nitrogen and oxygen atoms in total. The van der Waals surface area contributed by atoms with Crippen LogP contribution in [0.4, 0.5) is 0 Å². The fraction of sp³-hybridized carbons (Fsp3) is 0.429. The number of nitrogens with one attached hydrogen (secondary N) is 1. The van der Waals surface area contributed by atoms with Crippen LogP contribution in [0.5, 0.6) is 0 Å². The first kappa shape index (κ1) is 24.3. The van der Waals surface area contributed by atoms with Crippen molar-refractivity contribution in [3.63, 3.8) is 0 Å². The van der Waals surface area contributed by atoms with E-state index < -0.39 is 0 Å². The molecular formula is C28H27Cl2N5O3. The highest BCUT2D eigenvalue weighted by atomic mass is 35.5. The van der Waals surface area contributed by atoms with E-state index in [0.717, 1.165) is 55.4 Å². The minimum absolute atomic E-state index is 0.00609. The van der Waals surface area contributed by atoms with Crippen molar-refractivity contribution in [2.45, 2.75) is 56.7 Å². The quantitative estimate of drug-likeness (QED) is 0.259. The Bertz CT molecular complexity index is 1420. The molecule has 0 spiro atoms. The molecule has 2 saturated carbocycles. The Labute approximate surface area is 230 Å². The van der Waals surface area contributed by atoms with Gasteiger partial charge in [-0.05, 0) is 67.5 Å². The van der Waals surface area contributed by atoms with E-state index in [2.05, 4.69) is 37.9 Å². The average Bonchev–Trinajstić information content (AvgIpc) is 3.47. The second kappa shape index (κ2) is 9.45. The number of aromatic nitrogens is 5. The first-order valence-corrected chi connectivity index (χ1v) is 13.8. The molecule has 2 aliphatic carbocycles. The van der Waals surface area contributed by atoms with Crippen molar-refractivity contribution in [2.24, 2.45) is 5.41 Å². The fourth-order valence-electron chi connectivity index (χ4n) is 5.97. The zero-order valence-corrected chi connectivity index (χ0v) is 22.3. The van der Waals surface area contributed by atoms with Gasteiger partial charge in [0.15, 0.2) is 0 Å². The molecule has 0 radical (unpaired) electrons. The summed E-state index contributed by atoms with van der Waals surface area (Å²) in [7, 11) is 0. The average molecular weight is 552 g/mol. The lowest BCUT2D eigenvalue weighted by atomic mass is 9.64. The molecule has 10 heteroatoms. The summed E-state index contributed by atoms with van der Waals surface area (Å²) in [6.07, 6.45) is 6.20. The van der Waals surface area contributed by atoms with E-state index in [1.165, 1.54) is 5.56 Å². The summed E-state index contributed by atoms with van der Waals surface area (Å²) in [6, 6.07) is 13.8. The van der Waals surface area contributed by atoms with Gasteiger partial charge in [-0.15, -0.1) is 10.2 Å². The summed E-state index contributed by atoms with van der Waals surface area (Å²) >= 11 is 13.0. The summed E-state index contributed by atoms with van der Waals surface area (Å²) < 4.78 is 18.8. The van der Waals surface area contributed by atoms with E-state index in [1.807, 2.05) is 30.3 Å². The van der Waals surface area contributed by atoms with Crippen LogP contribution in [0.25, 0.3) is 22.6 Å². The molecule has 8 rings (SSSR count). The van der Waals surface area contributed by atoms with Crippen LogP contribution in [0, 0.1) is 5.41 Å². The molecule has 4 aromatic rings. The van der Waals surface area contributed by atoms with Crippen LogP contribution >= 0.6 is 23.2 Å². The molecule has 4 aliphatic rings. The molecule has 2 aromatic heterocycles. The van der Waals surface area contributed by atoms with Gasteiger partial charge in [-0.2, -0.15) is 5.21 Å². The zero-order valence-electron chi connectivity index (χ0n) is 20.8. The number of nitrogens with zero attached hydrogens (tertiary/aromatic N) is 4.